The minimum Gasteiger partial charge on any atom is -0.323 e. The Morgan fingerprint density at radius 2 is 1.84 bits per heavy atom. The maximum atomic E-state index is 14.0. The van der Waals surface area contributed by atoms with E-state index in [2.05, 4.69) is 35.7 Å². The highest BCUT2D eigenvalue weighted by Crippen LogP contribution is 2.39. The van der Waals surface area contributed by atoms with Crippen molar-refractivity contribution in [2.75, 3.05) is 5.32 Å². The van der Waals surface area contributed by atoms with E-state index in [1.54, 1.807) is 18.2 Å². The largest absolute Gasteiger partial charge is 0.417 e. The predicted octanol–water partition coefficient (Wildman–Crippen LogP) is 3.82. The number of hydrogen-bond acceptors (Lipinski definition) is 6. The van der Waals surface area contributed by atoms with Gasteiger partial charge in [-0.3, -0.25) is 20.1 Å². The zero-order valence-corrected chi connectivity index (χ0v) is 15.9. The van der Waals surface area contributed by atoms with Crippen molar-refractivity contribution in [3.8, 4) is 17.5 Å². The van der Waals surface area contributed by atoms with Crippen molar-refractivity contribution in [3.05, 3.63) is 64.1 Å². The molecule has 0 unspecified atom stereocenters. The van der Waals surface area contributed by atoms with E-state index >= 15 is 0 Å². The second kappa shape index (κ2) is 6.95. The van der Waals surface area contributed by atoms with Crippen LogP contribution in [-0.2, 0) is 6.18 Å². The van der Waals surface area contributed by atoms with Crippen LogP contribution in [0.25, 0.3) is 33.2 Å². The van der Waals surface area contributed by atoms with Gasteiger partial charge in [0.25, 0.3) is 5.56 Å². The number of fused-ring (bicyclic) bond motifs is 2. The number of nitrogens with zero attached hydrogens (tertiary/aromatic N) is 4. The summed E-state index contributed by atoms with van der Waals surface area (Å²) in [4.78, 5) is 20.2. The van der Waals surface area contributed by atoms with E-state index in [1.807, 2.05) is 12.1 Å². The Kier molecular flexibility index (Phi) is 4.19. The van der Waals surface area contributed by atoms with Gasteiger partial charge >= 0.3 is 6.18 Å². The fraction of sp³-hybridized carbons (Fsp3) is 0.0500. The molecule has 158 valence electrons. The highest BCUT2D eigenvalue weighted by atomic mass is 19.4. The summed E-state index contributed by atoms with van der Waals surface area (Å²) in [6.07, 6.45) is -4.87. The van der Waals surface area contributed by atoms with E-state index < -0.39 is 28.2 Å². The summed E-state index contributed by atoms with van der Waals surface area (Å²) in [5.74, 6) is 0.0870. The first-order chi connectivity index (χ1) is 15.3. The van der Waals surface area contributed by atoms with Crippen LogP contribution in [0.4, 0.5) is 24.8 Å². The number of H-pyrrole nitrogens is 3. The topological polar surface area (TPSA) is 139 Å². The van der Waals surface area contributed by atoms with E-state index in [4.69, 9.17) is 0 Å². The van der Waals surface area contributed by atoms with Crippen LogP contribution in [-0.4, -0.2) is 30.4 Å². The maximum absolute atomic E-state index is 14.0. The number of aromatic amines is 3. The molecule has 3 heterocycles. The first-order valence-corrected chi connectivity index (χ1v) is 9.15. The quantitative estimate of drug-likeness (QED) is 0.339. The number of anilines is 2. The van der Waals surface area contributed by atoms with Crippen LogP contribution in [0.5, 0.6) is 0 Å². The smallest absolute Gasteiger partial charge is 0.323 e. The van der Waals surface area contributed by atoms with Crippen LogP contribution in [0.1, 0.15) is 11.3 Å². The monoisotopic (exact) mass is 436 g/mol. The summed E-state index contributed by atoms with van der Waals surface area (Å²) in [5, 5.41) is 24.0. The number of nitriles is 1. The number of para-hydroxylation sites is 1. The molecule has 0 amide bonds. The van der Waals surface area contributed by atoms with E-state index in [9.17, 15) is 23.2 Å². The molecule has 0 aliphatic carbocycles. The molecule has 32 heavy (non-hydrogen) atoms. The second-order valence-corrected chi connectivity index (χ2v) is 6.80. The zero-order valence-electron chi connectivity index (χ0n) is 15.9. The van der Waals surface area contributed by atoms with Crippen LogP contribution >= 0.6 is 0 Å². The molecule has 0 spiro atoms. The van der Waals surface area contributed by atoms with Crippen LogP contribution in [0.2, 0.25) is 0 Å². The number of aromatic nitrogens is 6. The normalized spacial score (nSPS) is 11.7. The Hall–Kier alpha value is -4.66. The third kappa shape index (κ3) is 3.12. The summed E-state index contributed by atoms with van der Waals surface area (Å²) in [6.45, 7) is 0. The fourth-order valence-corrected chi connectivity index (χ4v) is 3.48. The van der Waals surface area contributed by atoms with Crippen molar-refractivity contribution in [2.45, 2.75) is 6.18 Å². The summed E-state index contributed by atoms with van der Waals surface area (Å²) < 4.78 is 41.9. The molecule has 0 aliphatic heterocycles. The molecule has 0 bridgehead atoms. The van der Waals surface area contributed by atoms with Gasteiger partial charge in [0.1, 0.15) is 17.6 Å². The average Bonchev–Trinajstić information content (AvgIpc) is 3.36. The molecule has 4 N–H and O–H groups in total. The van der Waals surface area contributed by atoms with E-state index in [0.29, 0.717) is 5.82 Å². The highest BCUT2D eigenvalue weighted by molar-refractivity contribution is 5.91. The summed E-state index contributed by atoms with van der Waals surface area (Å²) in [6, 6.07) is 12.8. The SMILES string of the molecule is N#Cc1cc(Nc2n[nH]c3ccccc23)nc(-c2ccc3[nH][nH]c(=O)c3c2C(F)(F)F)n1. The third-order valence-electron chi connectivity index (χ3n) is 4.82. The number of nitrogens with one attached hydrogen (secondary N) is 4. The van der Waals surface area contributed by atoms with Gasteiger partial charge in [0, 0.05) is 17.0 Å². The van der Waals surface area contributed by atoms with Crippen molar-refractivity contribution in [1.29, 1.82) is 5.26 Å². The third-order valence-corrected chi connectivity index (χ3v) is 4.82. The lowest BCUT2D eigenvalue weighted by Gasteiger charge is -2.14. The highest BCUT2D eigenvalue weighted by Gasteiger charge is 2.38. The lowest BCUT2D eigenvalue weighted by atomic mass is 10.0. The molecular weight excluding hydrogens is 425 g/mol. The van der Waals surface area contributed by atoms with Gasteiger partial charge in [0.15, 0.2) is 11.6 Å². The van der Waals surface area contributed by atoms with E-state index in [1.165, 1.54) is 12.1 Å². The van der Waals surface area contributed by atoms with Gasteiger partial charge in [-0.05, 0) is 24.3 Å². The number of alkyl halides is 3. The zero-order chi connectivity index (χ0) is 22.5. The Bertz CT molecular complexity index is 1590. The van der Waals surface area contributed by atoms with Gasteiger partial charge in [-0.25, -0.2) is 9.97 Å². The lowest BCUT2D eigenvalue weighted by Crippen LogP contribution is -2.13. The molecule has 0 aliphatic rings. The van der Waals surface area contributed by atoms with Crippen LogP contribution < -0.4 is 10.9 Å². The van der Waals surface area contributed by atoms with Crippen molar-refractivity contribution >= 4 is 33.4 Å². The molecular formula is C20H11F3N8O. The molecule has 3 aromatic heterocycles. The molecule has 12 heteroatoms. The minimum atomic E-state index is -4.87. The predicted molar refractivity (Wildman–Crippen MR) is 109 cm³/mol. The molecule has 0 saturated carbocycles. The number of rotatable bonds is 3. The number of hydrogen-bond donors (Lipinski definition) is 4. The number of benzene rings is 2. The second-order valence-electron chi connectivity index (χ2n) is 6.80. The molecule has 0 saturated heterocycles. The van der Waals surface area contributed by atoms with Crippen molar-refractivity contribution in [3.63, 3.8) is 0 Å². The molecule has 0 radical (unpaired) electrons. The Balaban J connectivity index is 1.70. The van der Waals surface area contributed by atoms with E-state index in [0.717, 1.165) is 17.0 Å². The molecule has 0 atom stereocenters. The van der Waals surface area contributed by atoms with Gasteiger partial charge in [-0.1, -0.05) is 12.1 Å². The Labute approximate surface area is 175 Å². The molecule has 5 rings (SSSR count). The van der Waals surface area contributed by atoms with Crippen LogP contribution in [0, 0.1) is 11.3 Å². The fourth-order valence-electron chi connectivity index (χ4n) is 3.48. The van der Waals surface area contributed by atoms with Gasteiger partial charge < -0.3 is 5.32 Å². The van der Waals surface area contributed by atoms with Gasteiger partial charge in [-0.15, -0.1) is 0 Å². The standard InChI is InChI=1S/C20H11F3N8O/c21-20(22,23)16-11(5-6-13-15(16)19(32)31-29-13)17-25-9(8-24)7-14(26-17)27-18-10-3-1-2-4-12(10)28-30-18/h1-7H,(H2,29,31,32)(H2,25,26,27,28,30). The van der Waals surface area contributed by atoms with Crippen LogP contribution in [0.15, 0.2) is 47.3 Å². The number of halogens is 3. The molecule has 9 nitrogen and oxygen atoms in total. The van der Waals surface area contributed by atoms with Crippen molar-refractivity contribution in [2.24, 2.45) is 0 Å². The Morgan fingerprint density at radius 3 is 2.62 bits per heavy atom. The molecule has 2 aromatic carbocycles. The lowest BCUT2D eigenvalue weighted by molar-refractivity contribution is -0.135. The van der Waals surface area contributed by atoms with Gasteiger partial charge in [-0.2, -0.15) is 23.5 Å². The Morgan fingerprint density at radius 1 is 1.03 bits per heavy atom. The molecule has 5 aromatic rings. The summed E-state index contributed by atoms with van der Waals surface area (Å²) >= 11 is 0. The van der Waals surface area contributed by atoms with Crippen molar-refractivity contribution in [1.82, 2.24) is 30.4 Å². The summed E-state index contributed by atoms with van der Waals surface area (Å²) in [5.41, 5.74) is -1.98. The average molecular weight is 436 g/mol. The molecule has 0 fully saturated rings. The van der Waals surface area contributed by atoms with Crippen LogP contribution in [0.3, 0.4) is 0 Å². The maximum Gasteiger partial charge on any atom is 0.417 e. The van der Waals surface area contributed by atoms with E-state index in [-0.39, 0.29) is 22.9 Å². The minimum absolute atomic E-state index is 0.0103. The van der Waals surface area contributed by atoms with Gasteiger partial charge in [0.2, 0.25) is 0 Å². The first-order valence-electron chi connectivity index (χ1n) is 9.15. The van der Waals surface area contributed by atoms with Gasteiger partial charge in [0.05, 0.1) is 22.0 Å². The first kappa shape index (κ1) is 19.3. The van der Waals surface area contributed by atoms with Crippen molar-refractivity contribution < 1.29 is 13.2 Å². The summed E-state index contributed by atoms with van der Waals surface area (Å²) in [7, 11) is 0.